The van der Waals surface area contributed by atoms with E-state index < -0.39 is 54.0 Å². The normalized spacial score (nSPS) is 27.3. The lowest BCUT2D eigenvalue weighted by molar-refractivity contribution is -0.228. The summed E-state index contributed by atoms with van der Waals surface area (Å²) >= 11 is 0. The number of hydrogen-bond acceptors (Lipinski definition) is 4. The Morgan fingerprint density at radius 3 is 2.44 bits per heavy atom. The third kappa shape index (κ3) is 4.52. The first kappa shape index (κ1) is 21.4. The maximum atomic E-state index is 14.5. The molecular weight excluding hydrogens is 370 g/mol. The smallest absolute Gasteiger partial charge is 0.414 e. The number of carbonyl (C=O) groups excluding carboxylic acids is 1. The highest BCUT2D eigenvalue weighted by Crippen LogP contribution is 2.46. The van der Waals surface area contributed by atoms with Gasteiger partial charge in [-0.25, -0.2) is 9.18 Å². The van der Waals surface area contributed by atoms with Crippen LogP contribution in [0.4, 0.5) is 22.4 Å². The van der Waals surface area contributed by atoms with Crippen LogP contribution in [0.25, 0.3) is 0 Å². The molecule has 1 aromatic rings. The molecule has 1 heterocycles. The van der Waals surface area contributed by atoms with Gasteiger partial charge in [0.15, 0.2) is 6.10 Å². The SMILES string of the molecule is C[C@H]1OCC(NC(=O)OC(C)(C)C)(c2ccccc2F)C1C(O)C(F)(F)F. The summed E-state index contributed by atoms with van der Waals surface area (Å²) in [5.41, 5.74) is -3.10. The van der Waals surface area contributed by atoms with Crippen molar-refractivity contribution < 1.29 is 36.9 Å². The third-order valence-corrected chi connectivity index (χ3v) is 4.40. The fourth-order valence-corrected chi connectivity index (χ4v) is 3.35. The molecule has 0 spiro atoms. The van der Waals surface area contributed by atoms with E-state index in [1.807, 2.05) is 0 Å². The van der Waals surface area contributed by atoms with Gasteiger partial charge in [-0.15, -0.1) is 0 Å². The minimum atomic E-state index is -4.99. The van der Waals surface area contributed by atoms with Crippen LogP contribution in [0, 0.1) is 11.7 Å². The predicted molar refractivity (Wildman–Crippen MR) is 88.4 cm³/mol. The first-order chi connectivity index (χ1) is 12.3. The molecule has 0 aromatic heterocycles. The van der Waals surface area contributed by atoms with Gasteiger partial charge >= 0.3 is 12.3 Å². The molecule has 2 N–H and O–H groups in total. The van der Waals surface area contributed by atoms with Crippen molar-refractivity contribution in [1.82, 2.24) is 5.32 Å². The molecule has 1 aliphatic rings. The number of rotatable bonds is 3. The molecule has 0 bridgehead atoms. The Morgan fingerprint density at radius 2 is 1.93 bits per heavy atom. The fraction of sp³-hybridized carbons (Fsp3) is 0.611. The number of nitrogens with one attached hydrogen (secondary N) is 1. The molecule has 0 radical (unpaired) electrons. The van der Waals surface area contributed by atoms with Crippen molar-refractivity contribution in [2.24, 2.45) is 5.92 Å². The van der Waals surface area contributed by atoms with Gasteiger partial charge in [0, 0.05) is 11.5 Å². The first-order valence-electron chi connectivity index (χ1n) is 8.40. The van der Waals surface area contributed by atoms with E-state index in [4.69, 9.17) is 9.47 Å². The van der Waals surface area contributed by atoms with E-state index in [2.05, 4.69) is 5.32 Å². The number of alkyl carbamates (subject to hydrolysis) is 1. The lowest BCUT2D eigenvalue weighted by Gasteiger charge is -2.39. The quantitative estimate of drug-likeness (QED) is 0.772. The molecule has 1 saturated heterocycles. The monoisotopic (exact) mass is 393 g/mol. The van der Waals surface area contributed by atoms with E-state index in [-0.39, 0.29) is 5.56 Å². The summed E-state index contributed by atoms with van der Waals surface area (Å²) in [4.78, 5) is 12.4. The average Bonchev–Trinajstić information content (AvgIpc) is 2.81. The van der Waals surface area contributed by atoms with E-state index in [9.17, 15) is 27.5 Å². The molecule has 0 aliphatic carbocycles. The minimum Gasteiger partial charge on any atom is -0.444 e. The Hall–Kier alpha value is -1.87. The molecule has 0 saturated carbocycles. The van der Waals surface area contributed by atoms with Crippen molar-refractivity contribution in [1.29, 1.82) is 0 Å². The molecule has 4 atom stereocenters. The largest absolute Gasteiger partial charge is 0.444 e. The van der Waals surface area contributed by atoms with Crippen molar-refractivity contribution in [3.63, 3.8) is 0 Å². The standard InChI is InChI=1S/C18H23F4NO4/c1-10-13(14(24)18(20,21)22)17(9-26-10,11-7-5-6-8-12(11)19)23-15(25)27-16(2,3)4/h5-8,10,13-14,24H,9H2,1-4H3,(H,23,25)/t10-,13?,14?,17?/m1/s1. The van der Waals surface area contributed by atoms with Crippen LogP contribution in [0.2, 0.25) is 0 Å². The van der Waals surface area contributed by atoms with Gasteiger partial charge in [0.05, 0.1) is 12.7 Å². The number of aliphatic hydroxyl groups excluding tert-OH is 1. The zero-order valence-electron chi connectivity index (χ0n) is 15.4. The van der Waals surface area contributed by atoms with Gasteiger partial charge in [0.2, 0.25) is 0 Å². The van der Waals surface area contributed by atoms with Crippen molar-refractivity contribution in [2.45, 2.75) is 57.2 Å². The zero-order valence-corrected chi connectivity index (χ0v) is 15.4. The van der Waals surface area contributed by atoms with Gasteiger partial charge in [-0.2, -0.15) is 13.2 Å². The molecule has 2 rings (SSSR count). The van der Waals surface area contributed by atoms with Gasteiger partial charge in [0.25, 0.3) is 0 Å². The second-order valence-corrected chi connectivity index (χ2v) is 7.61. The average molecular weight is 393 g/mol. The Labute approximate surface area is 154 Å². The van der Waals surface area contributed by atoms with E-state index in [1.54, 1.807) is 20.8 Å². The number of ether oxygens (including phenoxy) is 2. The van der Waals surface area contributed by atoms with E-state index in [0.717, 1.165) is 6.07 Å². The predicted octanol–water partition coefficient (Wildman–Crippen LogP) is 3.50. The molecule has 152 valence electrons. The van der Waals surface area contributed by atoms with Crippen LogP contribution in [0.15, 0.2) is 24.3 Å². The Morgan fingerprint density at radius 1 is 1.33 bits per heavy atom. The lowest BCUT2D eigenvalue weighted by Crippen LogP contribution is -2.58. The number of halogens is 4. The number of alkyl halides is 3. The van der Waals surface area contributed by atoms with Gasteiger partial charge in [-0.1, -0.05) is 18.2 Å². The minimum absolute atomic E-state index is 0.214. The molecule has 27 heavy (non-hydrogen) atoms. The van der Waals surface area contributed by atoms with E-state index in [0.29, 0.717) is 0 Å². The van der Waals surface area contributed by atoms with Crippen molar-refractivity contribution in [3.8, 4) is 0 Å². The Kier molecular flexibility index (Phi) is 5.77. The fourth-order valence-electron chi connectivity index (χ4n) is 3.35. The van der Waals surface area contributed by atoms with Crippen LogP contribution >= 0.6 is 0 Å². The van der Waals surface area contributed by atoms with Gasteiger partial charge in [-0.05, 0) is 33.8 Å². The van der Waals surface area contributed by atoms with Gasteiger partial charge < -0.3 is 19.9 Å². The zero-order chi connectivity index (χ0) is 20.6. The van der Waals surface area contributed by atoms with Crippen LogP contribution in [-0.4, -0.2) is 41.8 Å². The van der Waals surface area contributed by atoms with Crippen LogP contribution < -0.4 is 5.32 Å². The second kappa shape index (κ2) is 7.27. The van der Waals surface area contributed by atoms with Gasteiger partial charge in [0.1, 0.15) is 17.0 Å². The van der Waals surface area contributed by atoms with Crippen LogP contribution in [0.3, 0.4) is 0 Å². The van der Waals surface area contributed by atoms with Crippen LogP contribution in [0.5, 0.6) is 0 Å². The number of amides is 1. The number of hydrogen-bond donors (Lipinski definition) is 2. The summed E-state index contributed by atoms with van der Waals surface area (Å²) in [7, 11) is 0. The molecule has 9 heteroatoms. The topological polar surface area (TPSA) is 67.8 Å². The number of benzene rings is 1. The van der Waals surface area contributed by atoms with Crippen molar-refractivity contribution in [3.05, 3.63) is 35.6 Å². The maximum absolute atomic E-state index is 14.5. The van der Waals surface area contributed by atoms with E-state index >= 15 is 0 Å². The van der Waals surface area contributed by atoms with Crippen molar-refractivity contribution in [2.75, 3.05) is 6.61 Å². The molecule has 5 nitrogen and oxygen atoms in total. The second-order valence-electron chi connectivity index (χ2n) is 7.61. The highest BCUT2D eigenvalue weighted by Gasteiger charge is 2.60. The lowest BCUT2D eigenvalue weighted by atomic mass is 9.74. The first-order valence-corrected chi connectivity index (χ1v) is 8.40. The van der Waals surface area contributed by atoms with E-state index in [1.165, 1.54) is 25.1 Å². The number of carbonyl (C=O) groups is 1. The third-order valence-electron chi connectivity index (χ3n) is 4.40. The molecular formula is C18H23F4NO4. The molecule has 1 aliphatic heterocycles. The highest BCUT2D eigenvalue weighted by atomic mass is 19.4. The van der Waals surface area contributed by atoms with Crippen LogP contribution in [-0.2, 0) is 15.0 Å². The number of aliphatic hydroxyl groups is 1. The van der Waals surface area contributed by atoms with Gasteiger partial charge in [-0.3, -0.25) is 0 Å². The summed E-state index contributed by atoms with van der Waals surface area (Å²) in [5, 5.41) is 12.3. The van der Waals surface area contributed by atoms with Crippen LogP contribution in [0.1, 0.15) is 33.3 Å². The maximum Gasteiger partial charge on any atom is 0.414 e. The summed E-state index contributed by atoms with van der Waals surface area (Å²) in [6.07, 6.45) is -9.97. The molecule has 1 aromatic carbocycles. The molecule has 3 unspecified atom stereocenters. The van der Waals surface area contributed by atoms with Crippen molar-refractivity contribution >= 4 is 6.09 Å². The molecule has 1 fully saturated rings. The summed E-state index contributed by atoms with van der Waals surface area (Å²) in [5.74, 6) is -2.51. The Bertz CT molecular complexity index is 689. The molecule has 1 amide bonds. The summed E-state index contributed by atoms with van der Waals surface area (Å²) in [6.45, 7) is 5.62. The summed E-state index contributed by atoms with van der Waals surface area (Å²) in [6, 6.07) is 5.11. The Balaban J connectivity index is 2.56. The summed E-state index contributed by atoms with van der Waals surface area (Å²) < 4.78 is 64.9. The highest BCUT2D eigenvalue weighted by molar-refractivity contribution is 5.69.